The second-order valence-corrected chi connectivity index (χ2v) is 6.05. The summed E-state index contributed by atoms with van der Waals surface area (Å²) in [6.45, 7) is 2.75. The largest absolute Gasteiger partial charge is 0.448 e. The fourth-order valence-electron chi connectivity index (χ4n) is 2.42. The number of oxazole rings is 1. The minimum Gasteiger partial charge on any atom is -0.448 e. The zero-order valence-corrected chi connectivity index (χ0v) is 15.3. The number of esters is 1. The molecule has 0 unspecified atom stereocenters. The van der Waals surface area contributed by atoms with E-state index in [1.54, 1.807) is 24.3 Å². The fraction of sp³-hybridized carbons (Fsp3) is 0.150. The van der Waals surface area contributed by atoms with Gasteiger partial charge in [0.25, 0.3) is 5.91 Å². The summed E-state index contributed by atoms with van der Waals surface area (Å²) < 4.78 is 50.4. The highest BCUT2D eigenvalue weighted by Gasteiger charge is 2.25. The summed E-state index contributed by atoms with van der Waals surface area (Å²) in [5, 5.41) is 2.04. The Kier molecular flexibility index (Phi) is 5.67. The Hall–Kier alpha value is -3.62. The lowest BCUT2D eigenvalue weighted by atomic mass is 10.2. The van der Waals surface area contributed by atoms with E-state index in [2.05, 4.69) is 4.98 Å². The van der Waals surface area contributed by atoms with Crippen molar-refractivity contribution in [1.82, 2.24) is 4.98 Å². The molecule has 0 saturated heterocycles. The third-order valence-corrected chi connectivity index (χ3v) is 3.96. The Morgan fingerprint density at radius 1 is 1.07 bits per heavy atom. The Balaban J connectivity index is 1.70. The molecule has 0 aliphatic carbocycles. The second kappa shape index (κ2) is 8.17. The first-order valence-electron chi connectivity index (χ1n) is 8.46. The summed E-state index contributed by atoms with van der Waals surface area (Å²) in [6, 6.07) is 10.4. The number of aryl methyl sites for hydroxylation is 1. The smallest absolute Gasteiger partial charge is 0.361 e. The molecule has 9 heteroatoms. The number of amides is 1. The van der Waals surface area contributed by atoms with Crippen LogP contribution in [0, 0.1) is 24.4 Å². The van der Waals surface area contributed by atoms with E-state index >= 15 is 0 Å². The number of nitrogens with one attached hydrogen (secondary N) is 1. The highest BCUT2D eigenvalue weighted by molar-refractivity contribution is 5.97. The van der Waals surface area contributed by atoms with E-state index in [0.29, 0.717) is 11.6 Å². The predicted octanol–water partition coefficient (Wildman–Crippen LogP) is 4.25. The number of ether oxygens (including phenoxy) is 1. The molecule has 0 fully saturated rings. The monoisotopic (exact) mass is 404 g/mol. The SMILES string of the molecule is Cc1oc(-c2ccccc2)nc1C(=O)O[C@H](C)C(=O)Nc1ccc(F)c(F)c1F. The lowest BCUT2D eigenvalue weighted by Crippen LogP contribution is -2.30. The number of carbonyl (C=O) groups is 2. The lowest BCUT2D eigenvalue weighted by molar-refractivity contribution is -0.123. The second-order valence-electron chi connectivity index (χ2n) is 6.05. The van der Waals surface area contributed by atoms with Gasteiger partial charge >= 0.3 is 5.97 Å². The summed E-state index contributed by atoms with van der Waals surface area (Å²) in [6.07, 6.45) is -1.37. The number of benzene rings is 2. The van der Waals surface area contributed by atoms with Gasteiger partial charge in [-0.1, -0.05) is 18.2 Å². The van der Waals surface area contributed by atoms with E-state index < -0.39 is 41.1 Å². The van der Waals surface area contributed by atoms with Gasteiger partial charge in [0.05, 0.1) is 5.69 Å². The molecule has 0 bridgehead atoms. The highest BCUT2D eigenvalue weighted by atomic mass is 19.2. The number of anilines is 1. The standard InChI is InChI=1S/C20H15F3N2O4/c1-10-17(25-19(28-10)12-6-4-3-5-7-12)20(27)29-11(2)18(26)24-14-9-8-13(21)15(22)16(14)23/h3-9,11H,1-2H3,(H,24,26)/t11-/m1/s1. The van der Waals surface area contributed by atoms with E-state index in [-0.39, 0.29) is 17.3 Å². The topological polar surface area (TPSA) is 81.4 Å². The molecular formula is C20H15F3N2O4. The number of aromatic nitrogens is 1. The van der Waals surface area contributed by atoms with Gasteiger partial charge in [0.1, 0.15) is 5.76 Å². The van der Waals surface area contributed by atoms with Crippen LogP contribution in [0.15, 0.2) is 46.9 Å². The van der Waals surface area contributed by atoms with Gasteiger partial charge in [0.15, 0.2) is 29.2 Å². The molecule has 1 heterocycles. The van der Waals surface area contributed by atoms with Crippen molar-refractivity contribution >= 4 is 17.6 Å². The summed E-state index contributed by atoms with van der Waals surface area (Å²) in [5.41, 5.74) is -0.0578. The molecular weight excluding hydrogens is 389 g/mol. The van der Waals surface area contributed by atoms with E-state index in [1.165, 1.54) is 13.8 Å². The first kappa shape index (κ1) is 20.1. The molecule has 0 saturated carbocycles. The molecule has 1 N–H and O–H groups in total. The van der Waals surface area contributed by atoms with Gasteiger partial charge in [-0.15, -0.1) is 0 Å². The third-order valence-electron chi connectivity index (χ3n) is 3.96. The van der Waals surface area contributed by atoms with E-state index in [0.717, 1.165) is 6.07 Å². The normalized spacial score (nSPS) is 11.8. The average molecular weight is 404 g/mol. The fourth-order valence-corrected chi connectivity index (χ4v) is 2.42. The molecule has 0 aliphatic rings. The molecule has 6 nitrogen and oxygen atoms in total. The molecule has 1 amide bonds. The van der Waals surface area contributed by atoms with Crippen molar-refractivity contribution in [3.63, 3.8) is 0 Å². The Labute approximate surface area is 163 Å². The van der Waals surface area contributed by atoms with Gasteiger partial charge < -0.3 is 14.5 Å². The number of hydrogen-bond acceptors (Lipinski definition) is 5. The Morgan fingerprint density at radius 3 is 2.45 bits per heavy atom. The number of carbonyl (C=O) groups excluding carboxylic acids is 2. The average Bonchev–Trinajstić information content (AvgIpc) is 3.10. The zero-order chi connectivity index (χ0) is 21.1. The Bertz CT molecular complexity index is 1070. The van der Waals surface area contributed by atoms with Crippen LogP contribution in [0.5, 0.6) is 0 Å². The van der Waals surface area contributed by atoms with Crippen molar-refractivity contribution in [2.24, 2.45) is 0 Å². The number of halogens is 3. The quantitative estimate of drug-likeness (QED) is 0.508. The van der Waals surface area contributed by atoms with E-state index in [1.807, 2.05) is 11.4 Å². The molecule has 29 heavy (non-hydrogen) atoms. The summed E-state index contributed by atoms with van der Waals surface area (Å²) in [5.74, 6) is -6.15. The van der Waals surface area contributed by atoms with Crippen molar-refractivity contribution in [2.45, 2.75) is 20.0 Å². The summed E-state index contributed by atoms with van der Waals surface area (Å²) in [7, 11) is 0. The first-order chi connectivity index (χ1) is 13.8. The predicted molar refractivity (Wildman–Crippen MR) is 96.5 cm³/mol. The van der Waals surface area contributed by atoms with E-state index in [9.17, 15) is 22.8 Å². The van der Waals surface area contributed by atoms with Crippen molar-refractivity contribution < 1.29 is 31.9 Å². The van der Waals surface area contributed by atoms with Crippen LogP contribution in [0.4, 0.5) is 18.9 Å². The minimum atomic E-state index is -1.72. The minimum absolute atomic E-state index is 0.123. The highest BCUT2D eigenvalue weighted by Crippen LogP contribution is 2.23. The van der Waals surface area contributed by atoms with Gasteiger partial charge in [-0.25, -0.2) is 22.9 Å². The number of nitrogens with zero attached hydrogens (tertiary/aromatic N) is 1. The molecule has 3 aromatic rings. The van der Waals surface area contributed by atoms with Gasteiger partial charge in [-0.05, 0) is 38.1 Å². The molecule has 0 aliphatic heterocycles. The first-order valence-corrected chi connectivity index (χ1v) is 8.46. The molecule has 0 radical (unpaired) electrons. The zero-order valence-electron chi connectivity index (χ0n) is 15.3. The number of rotatable bonds is 5. The molecule has 150 valence electrons. The van der Waals surface area contributed by atoms with Crippen LogP contribution in [0.25, 0.3) is 11.5 Å². The van der Waals surface area contributed by atoms with Gasteiger partial charge in [-0.3, -0.25) is 4.79 Å². The van der Waals surface area contributed by atoms with Crippen molar-refractivity contribution in [3.8, 4) is 11.5 Å². The molecule has 1 aromatic heterocycles. The van der Waals surface area contributed by atoms with Crippen molar-refractivity contribution in [2.75, 3.05) is 5.32 Å². The Morgan fingerprint density at radius 2 is 1.76 bits per heavy atom. The lowest BCUT2D eigenvalue weighted by Gasteiger charge is -2.13. The summed E-state index contributed by atoms with van der Waals surface area (Å²) >= 11 is 0. The maximum absolute atomic E-state index is 13.7. The molecule has 2 aromatic carbocycles. The van der Waals surface area contributed by atoms with Crippen LogP contribution in [0.3, 0.4) is 0 Å². The third kappa shape index (κ3) is 4.29. The molecule has 1 atom stereocenters. The maximum Gasteiger partial charge on any atom is 0.361 e. The van der Waals surface area contributed by atoms with Gasteiger partial charge in [-0.2, -0.15) is 0 Å². The summed E-state index contributed by atoms with van der Waals surface area (Å²) in [4.78, 5) is 28.5. The van der Waals surface area contributed by atoms with E-state index in [4.69, 9.17) is 9.15 Å². The maximum atomic E-state index is 13.7. The van der Waals surface area contributed by atoms with Crippen LogP contribution < -0.4 is 5.32 Å². The van der Waals surface area contributed by atoms with Crippen LogP contribution >= 0.6 is 0 Å². The van der Waals surface area contributed by atoms with Gasteiger partial charge in [0, 0.05) is 5.56 Å². The molecule has 0 spiro atoms. The van der Waals surface area contributed by atoms with Crippen LogP contribution in [0.1, 0.15) is 23.2 Å². The van der Waals surface area contributed by atoms with Crippen molar-refractivity contribution in [1.29, 1.82) is 0 Å². The van der Waals surface area contributed by atoms with Crippen LogP contribution in [-0.4, -0.2) is 23.0 Å². The number of hydrogen-bond donors (Lipinski definition) is 1. The van der Waals surface area contributed by atoms with Crippen LogP contribution in [-0.2, 0) is 9.53 Å². The van der Waals surface area contributed by atoms with Crippen molar-refractivity contribution in [3.05, 3.63) is 71.4 Å². The molecule has 3 rings (SSSR count). The van der Waals surface area contributed by atoms with Crippen LogP contribution in [0.2, 0.25) is 0 Å². The van der Waals surface area contributed by atoms with Gasteiger partial charge in [0.2, 0.25) is 5.89 Å².